The Morgan fingerprint density at radius 3 is 2.78 bits per heavy atom. The van der Waals surface area contributed by atoms with E-state index in [4.69, 9.17) is 16.3 Å². The van der Waals surface area contributed by atoms with Crippen molar-refractivity contribution < 1.29 is 9.53 Å². The summed E-state index contributed by atoms with van der Waals surface area (Å²) in [6.45, 7) is 3.53. The largest absolute Gasteiger partial charge is 0.377 e. The molecule has 1 saturated heterocycles. The Kier molecular flexibility index (Phi) is 4.91. The van der Waals surface area contributed by atoms with E-state index in [1.54, 1.807) is 0 Å². The second-order valence-corrected chi connectivity index (χ2v) is 6.04. The summed E-state index contributed by atoms with van der Waals surface area (Å²) >= 11 is 6.09. The van der Waals surface area contributed by atoms with Crippen LogP contribution in [0.2, 0.25) is 0 Å². The average molecular weight is 274 g/mol. The van der Waals surface area contributed by atoms with Crippen LogP contribution >= 0.6 is 11.6 Å². The molecule has 18 heavy (non-hydrogen) atoms. The first-order valence-electron chi connectivity index (χ1n) is 7.16. The molecular weight excluding hydrogens is 250 g/mol. The summed E-state index contributed by atoms with van der Waals surface area (Å²) in [4.78, 5) is 12.2. The molecule has 2 atom stereocenters. The predicted molar refractivity (Wildman–Crippen MR) is 72.8 cm³/mol. The second-order valence-electron chi connectivity index (χ2n) is 5.77. The molecule has 1 heterocycles. The number of carbonyl (C=O) groups is 1. The maximum Gasteiger partial charge on any atom is 0.225 e. The van der Waals surface area contributed by atoms with Gasteiger partial charge in [0.2, 0.25) is 5.91 Å². The highest BCUT2D eigenvalue weighted by Gasteiger charge is 2.36. The fourth-order valence-electron chi connectivity index (χ4n) is 3.24. The van der Waals surface area contributed by atoms with Crippen molar-refractivity contribution in [2.75, 3.05) is 19.0 Å². The molecule has 4 heteroatoms. The minimum atomic E-state index is 0.0452. The van der Waals surface area contributed by atoms with Crippen molar-refractivity contribution >= 4 is 17.5 Å². The zero-order valence-electron chi connectivity index (χ0n) is 11.2. The molecule has 0 aromatic heterocycles. The maximum absolute atomic E-state index is 12.2. The van der Waals surface area contributed by atoms with Gasteiger partial charge in [0.15, 0.2) is 0 Å². The van der Waals surface area contributed by atoms with Crippen LogP contribution in [0.25, 0.3) is 0 Å². The lowest BCUT2D eigenvalue weighted by Gasteiger charge is -2.27. The van der Waals surface area contributed by atoms with Crippen LogP contribution in [0.15, 0.2) is 0 Å². The Bertz CT molecular complexity index is 290. The molecule has 0 aromatic carbocycles. The van der Waals surface area contributed by atoms with Crippen molar-refractivity contribution in [1.82, 2.24) is 5.32 Å². The summed E-state index contributed by atoms with van der Waals surface area (Å²) in [5.74, 6) is 0.866. The van der Waals surface area contributed by atoms with Gasteiger partial charge in [-0.25, -0.2) is 0 Å². The van der Waals surface area contributed by atoms with Crippen molar-refractivity contribution in [2.45, 2.75) is 51.6 Å². The number of ether oxygens (including phenoxy) is 1. The molecule has 104 valence electrons. The number of rotatable bonds is 5. The molecule has 0 bridgehead atoms. The van der Waals surface area contributed by atoms with Gasteiger partial charge in [-0.05, 0) is 25.7 Å². The van der Waals surface area contributed by atoms with E-state index in [1.807, 2.05) is 0 Å². The molecular formula is C14H24ClNO2. The standard InChI is InChI=1S/C14H24ClNO2/c1-2-12-11(5-8-18-12)13(17)16-10-14(9-15)6-3-4-7-14/h11-12H,2-10H2,1H3,(H,16,17). The SMILES string of the molecule is CCC1OCCC1C(=O)NCC1(CCl)CCCC1. The molecule has 1 N–H and O–H groups in total. The van der Waals surface area contributed by atoms with Gasteiger partial charge in [0.25, 0.3) is 0 Å². The Labute approximate surface area is 115 Å². The number of nitrogens with one attached hydrogen (secondary N) is 1. The van der Waals surface area contributed by atoms with Crippen molar-refractivity contribution in [2.24, 2.45) is 11.3 Å². The maximum atomic E-state index is 12.2. The van der Waals surface area contributed by atoms with Crippen LogP contribution in [0, 0.1) is 11.3 Å². The number of hydrogen-bond donors (Lipinski definition) is 1. The van der Waals surface area contributed by atoms with Gasteiger partial charge in [-0.3, -0.25) is 4.79 Å². The molecule has 1 amide bonds. The van der Waals surface area contributed by atoms with E-state index in [1.165, 1.54) is 12.8 Å². The van der Waals surface area contributed by atoms with Crippen LogP contribution in [-0.4, -0.2) is 31.0 Å². The van der Waals surface area contributed by atoms with Crippen LogP contribution in [0.5, 0.6) is 0 Å². The van der Waals surface area contributed by atoms with Crippen LogP contribution < -0.4 is 5.32 Å². The van der Waals surface area contributed by atoms with E-state index < -0.39 is 0 Å². The van der Waals surface area contributed by atoms with Gasteiger partial charge in [0.1, 0.15) is 0 Å². The summed E-state index contributed by atoms with van der Waals surface area (Å²) < 4.78 is 5.57. The van der Waals surface area contributed by atoms with Gasteiger partial charge in [-0.2, -0.15) is 0 Å². The van der Waals surface area contributed by atoms with Gasteiger partial charge in [-0.1, -0.05) is 19.8 Å². The average Bonchev–Trinajstić information content (AvgIpc) is 3.05. The quantitative estimate of drug-likeness (QED) is 0.782. The summed E-state index contributed by atoms with van der Waals surface area (Å²) in [6.07, 6.45) is 6.67. The fraction of sp³-hybridized carbons (Fsp3) is 0.929. The van der Waals surface area contributed by atoms with Gasteiger partial charge < -0.3 is 10.1 Å². The van der Waals surface area contributed by atoms with Crippen molar-refractivity contribution in [3.05, 3.63) is 0 Å². The molecule has 2 rings (SSSR count). The second kappa shape index (κ2) is 6.25. The first-order valence-corrected chi connectivity index (χ1v) is 7.69. The van der Waals surface area contributed by atoms with Crippen molar-refractivity contribution in [3.63, 3.8) is 0 Å². The van der Waals surface area contributed by atoms with E-state index in [0.29, 0.717) is 5.88 Å². The lowest BCUT2D eigenvalue weighted by atomic mass is 9.88. The van der Waals surface area contributed by atoms with Crippen LogP contribution in [0.4, 0.5) is 0 Å². The predicted octanol–water partition coefficient (Wildman–Crippen LogP) is 2.72. The monoisotopic (exact) mass is 273 g/mol. The molecule has 1 aliphatic heterocycles. The number of hydrogen-bond acceptors (Lipinski definition) is 2. The summed E-state index contributed by atoms with van der Waals surface area (Å²) in [5.41, 5.74) is 0.151. The molecule has 0 spiro atoms. The molecule has 3 nitrogen and oxygen atoms in total. The fourth-order valence-corrected chi connectivity index (χ4v) is 3.60. The summed E-state index contributed by atoms with van der Waals surface area (Å²) in [5, 5.41) is 3.12. The highest BCUT2D eigenvalue weighted by Crippen LogP contribution is 2.38. The molecule has 1 aliphatic carbocycles. The topological polar surface area (TPSA) is 38.3 Å². The van der Waals surface area contributed by atoms with E-state index in [-0.39, 0.29) is 23.3 Å². The van der Waals surface area contributed by atoms with E-state index in [2.05, 4.69) is 12.2 Å². The first-order chi connectivity index (χ1) is 8.71. The smallest absolute Gasteiger partial charge is 0.225 e. The van der Waals surface area contributed by atoms with Crippen LogP contribution in [-0.2, 0) is 9.53 Å². The van der Waals surface area contributed by atoms with Gasteiger partial charge >= 0.3 is 0 Å². The third kappa shape index (κ3) is 3.00. The number of carbonyl (C=O) groups excluding carboxylic acids is 1. The van der Waals surface area contributed by atoms with Gasteiger partial charge in [-0.15, -0.1) is 11.6 Å². The zero-order chi connectivity index (χ0) is 13.0. The molecule has 2 fully saturated rings. The molecule has 0 radical (unpaired) electrons. The van der Waals surface area contributed by atoms with Crippen LogP contribution in [0.1, 0.15) is 45.4 Å². The molecule has 2 aliphatic rings. The highest BCUT2D eigenvalue weighted by molar-refractivity contribution is 6.18. The van der Waals surface area contributed by atoms with E-state index in [0.717, 1.165) is 38.8 Å². The number of halogens is 1. The minimum Gasteiger partial charge on any atom is -0.377 e. The first kappa shape index (κ1) is 14.1. The Hall–Kier alpha value is -0.280. The molecule has 2 unspecified atom stereocenters. The van der Waals surface area contributed by atoms with Crippen molar-refractivity contribution in [3.8, 4) is 0 Å². The van der Waals surface area contributed by atoms with E-state index in [9.17, 15) is 4.79 Å². The Balaban J connectivity index is 1.84. The van der Waals surface area contributed by atoms with E-state index >= 15 is 0 Å². The number of amides is 1. The molecule has 0 aromatic rings. The third-order valence-electron chi connectivity index (χ3n) is 4.53. The number of alkyl halides is 1. The Morgan fingerprint density at radius 1 is 1.44 bits per heavy atom. The minimum absolute atomic E-state index is 0.0452. The van der Waals surface area contributed by atoms with Gasteiger partial charge in [0, 0.05) is 24.4 Å². The lowest BCUT2D eigenvalue weighted by molar-refractivity contribution is -0.127. The highest BCUT2D eigenvalue weighted by atomic mass is 35.5. The molecule has 1 saturated carbocycles. The Morgan fingerprint density at radius 2 is 2.17 bits per heavy atom. The van der Waals surface area contributed by atoms with Crippen LogP contribution in [0.3, 0.4) is 0 Å². The van der Waals surface area contributed by atoms with Gasteiger partial charge in [0.05, 0.1) is 12.0 Å². The van der Waals surface area contributed by atoms with Crippen molar-refractivity contribution in [1.29, 1.82) is 0 Å². The zero-order valence-corrected chi connectivity index (χ0v) is 12.0. The lowest BCUT2D eigenvalue weighted by Crippen LogP contribution is -2.41. The normalized spacial score (nSPS) is 30.6. The third-order valence-corrected chi connectivity index (χ3v) is 5.10. The summed E-state index contributed by atoms with van der Waals surface area (Å²) in [6, 6.07) is 0. The summed E-state index contributed by atoms with van der Waals surface area (Å²) in [7, 11) is 0.